The molecule has 1 spiro atoms. The topological polar surface area (TPSA) is 112 Å². The van der Waals surface area contributed by atoms with Gasteiger partial charge in [0.1, 0.15) is 29.4 Å². The maximum absolute atomic E-state index is 10.9. The summed E-state index contributed by atoms with van der Waals surface area (Å²) in [5.41, 5.74) is 1.89. The fourth-order valence-electron chi connectivity index (χ4n) is 5.09. The molecule has 7 nitrogen and oxygen atoms in total. The molecule has 0 radical (unpaired) electrons. The van der Waals surface area contributed by atoms with E-state index in [9.17, 15) is 20.4 Å². The Morgan fingerprint density at radius 2 is 1.97 bits per heavy atom. The van der Waals surface area contributed by atoms with Crippen LogP contribution in [0, 0.1) is 0 Å². The zero-order valence-corrected chi connectivity index (χ0v) is 20.0. The van der Waals surface area contributed by atoms with Crippen LogP contribution in [-0.2, 0) is 27.3 Å². The van der Waals surface area contributed by atoms with Gasteiger partial charge in [-0.2, -0.15) is 0 Å². The Kier molecular flexibility index (Phi) is 5.45. The van der Waals surface area contributed by atoms with Crippen LogP contribution in [0.4, 0.5) is 0 Å². The Bertz CT molecular complexity index is 1130. The third kappa shape index (κ3) is 3.29. The number of aliphatic hydroxyl groups is 4. The molecule has 4 heterocycles. The summed E-state index contributed by atoms with van der Waals surface area (Å²) < 4.78 is 11.8. The van der Waals surface area contributed by atoms with Crippen LogP contribution in [0.25, 0.3) is 4.91 Å². The van der Waals surface area contributed by atoms with E-state index in [2.05, 4.69) is 6.08 Å². The van der Waals surface area contributed by atoms with Crippen LogP contribution in [0.15, 0.2) is 24.4 Å². The number of fused-ring (bicyclic) bond motifs is 2. The van der Waals surface area contributed by atoms with Gasteiger partial charge < -0.3 is 29.9 Å². The van der Waals surface area contributed by atoms with E-state index in [1.165, 1.54) is 9.78 Å². The van der Waals surface area contributed by atoms with Crippen LogP contribution < -0.4 is 0 Å². The number of benzene rings is 1. The summed E-state index contributed by atoms with van der Waals surface area (Å²) in [4.78, 5) is 7.21. The summed E-state index contributed by atoms with van der Waals surface area (Å²) in [6.45, 7) is -0.390. The Morgan fingerprint density at radius 3 is 2.67 bits per heavy atom. The number of hydrogen-bond acceptors (Lipinski definition) is 9. The monoisotopic (exact) mass is 509 g/mol. The van der Waals surface area contributed by atoms with E-state index >= 15 is 0 Å². The smallest absolute Gasteiger partial charge is 0.225 e. The fraction of sp³-hybridized carbons (Fsp3) is 0.522. The molecule has 5 atom stereocenters. The van der Waals surface area contributed by atoms with Crippen molar-refractivity contribution in [3.8, 4) is 0 Å². The lowest BCUT2D eigenvalue weighted by Crippen LogP contribution is -2.63. The number of aliphatic hydroxyl groups excluding tert-OH is 4. The van der Waals surface area contributed by atoms with Crippen molar-refractivity contribution in [3.05, 3.63) is 56.0 Å². The van der Waals surface area contributed by atoms with Gasteiger partial charge in [0.2, 0.25) is 5.79 Å². The molecular weight excluding hydrogens is 486 g/mol. The Labute approximate surface area is 204 Å². The molecule has 4 N–H and O–H groups in total. The summed E-state index contributed by atoms with van der Waals surface area (Å²) in [6, 6.07) is 3.72. The summed E-state index contributed by atoms with van der Waals surface area (Å²) in [6.07, 6.45) is 1.49. The van der Waals surface area contributed by atoms with E-state index in [1.807, 2.05) is 30.1 Å². The molecular formula is C23H24ClNO6S2. The minimum atomic E-state index is -1.68. The van der Waals surface area contributed by atoms with E-state index < -0.39 is 36.8 Å². The lowest BCUT2D eigenvalue weighted by molar-refractivity contribution is -0.368. The molecule has 0 bridgehead atoms. The molecule has 1 aromatic heterocycles. The average molecular weight is 510 g/mol. The summed E-state index contributed by atoms with van der Waals surface area (Å²) in [5.74, 6) is -0.583. The van der Waals surface area contributed by atoms with Gasteiger partial charge in [0.25, 0.3) is 0 Å². The van der Waals surface area contributed by atoms with Crippen molar-refractivity contribution in [1.29, 1.82) is 0 Å². The highest BCUT2D eigenvalue weighted by Crippen LogP contribution is 2.58. The standard InChI is InChI=1S/C23H24ClNO6S2/c24-14-6-11-10-30-23(20(29)19(28)18(27)15(9-26)31-23)12(11)7-13(14)22(3-4-22)21-25-8-17(33-21)16-2-1-5-32-16/h2,6-8,15,18-20,26-29H,1,3-5,9-10H2/t15-,18-,19+,20-,23+/m1/s1. The van der Waals surface area contributed by atoms with Crippen LogP contribution in [0.5, 0.6) is 0 Å². The van der Waals surface area contributed by atoms with Gasteiger partial charge in [-0.05, 0) is 42.5 Å². The van der Waals surface area contributed by atoms with Crippen LogP contribution in [0.2, 0.25) is 5.02 Å². The SMILES string of the molecule is OC[C@H]1O[C@]2(OCc3cc(Cl)c(C4(c5ncc(C6=CCCS6)s5)CC4)cc32)[C@H](O)[C@@H](O)[C@@H]1O. The van der Waals surface area contributed by atoms with Gasteiger partial charge in [-0.25, -0.2) is 4.98 Å². The van der Waals surface area contributed by atoms with E-state index in [1.54, 1.807) is 11.3 Å². The Morgan fingerprint density at radius 1 is 1.15 bits per heavy atom. The Balaban J connectivity index is 1.41. The maximum Gasteiger partial charge on any atom is 0.225 e. The average Bonchev–Trinajstić information content (AvgIpc) is 3.19. The molecule has 6 rings (SSSR count). The fourth-order valence-corrected chi connectivity index (χ4v) is 7.76. The molecule has 0 unspecified atom stereocenters. The number of nitrogens with zero attached hydrogens (tertiary/aromatic N) is 1. The summed E-state index contributed by atoms with van der Waals surface area (Å²) >= 11 is 10.3. The lowest BCUT2D eigenvalue weighted by atomic mass is 9.85. The lowest BCUT2D eigenvalue weighted by Gasteiger charge is -2.46. The summed E-state index contributed by atoms with van der Waals surface area (Å²) in [5, 5.41) is 42.8. The van der Waals surface area contributed by atoms with Crippen molar-refractivity contribution in [2.75, 3.05) is 12.4 Å². The number of allylic oxidation sites excluding steroid dienone is 1. The summed E-state index contributed by atoms with van der Waals surface area (Å²) in [7, 11) is 0. The number of rotatable bonds is 4. The van der Waals surface area contributed by atoms with Crippen molar-refractivity contribution in [1.82, 2.24) is 4.98 Å². The third-order valence-electron chi connectivity index (χ3n) is 7.09. The van der Waals surface area contributed by atoms with Gasteiger partial charge in [0, 0.05) is 32.9 Å². The molecule has 3 aliphatic heterocycles. The van der Waals surface area contributed by atoms with Crippen molar-refractivity contribution < 1.29 is 29.9 Å². The third-order valence-corrected chi connectivity index (χ3v) is 9.90. The number of thioether (sulfide) groups is 1. The molecule has 0 amide bonds. The second-order valence-corrected chi connectivity index (χ2v) is 11.6. The van der Waals surface area contributed by atoms with Crippen LogP contribution in [0.1, 0.15) is 45.8 Å². The van der Waals surface area contributed by atoms with Crippen molar-refractivity contribution >= 4 is 39.6 Å². The Hall–Kier alpha value is -1.01. The molecule has 1 aromatic carbocycles. The van der Waals surface area contributed by atoms with E-state index in [0.717, 1.165) is 41.1 Å². The molecule has 10 heteroatoms. The molecule has 176 valence electrons. The van der Waals surface area contributed by atoms with Gasteiger partial charge in [-0.1, -0.05) is 17.7 Å². The quantitative estimate of drug-likeness (QED) is 0.497. The number of aromatic nitrogens is 1. The highest BCUT2D eigenvalue weighted by atomic mass is 35.5. The number of hydrogen-bond donors (Lipinski definition) is 4. The highest BCUT2D eigenvalue weighted by Gasteiger charge is 2.59. The van der Waals surface area contributed by atoms with E-state index in [0.29, 0.717) is 10.6 Å². The molecule has 1 saturated carbocycles. The number of thiazole rings is 1. The normalized spacial score (nSPS) is 34.5. The minimum absolute atomic E-state index is 0.132. The second-order valence-electron chi connectivity index (χ2n) is 9.03. The van der Waals surface area contributed by atoms with Crippen molar-refractivity contribution in [2.24, 2.45) is 0 Å². The molecule has 33 heavy (non-hydrogen) atoms. The molecule has 1 saturated heterocycles. The largest absolute Gasteiger partial charge is 0.394 e. The minimum Gasteiger partial charge on any atom is -0.394 e. The van der Waals surface area contributed by atoms with Crippen LogP contribution >= 0.6 is 34.7 Å². The predicted octanol–water partition coefficient (Wildman–Crippen LogP) is 2.51. The zero-order chi connectivity index (χ0) is 23.0. The first-order valence-electron chi connectivity index (χ1n) is 11.0. The van der Waals surface area contributed by atoms with Gasteiger partial charge in [-0.3, -0.25) is 0 Å². The maximum atomic E-state index is 10.9. The first-order chi connectivity index (χ1) is 15.9. The van der Waals surface area contributed by atoms with Crippen molar-refractivity contribution in [2.45, 2.75) is 61.5 Å². The van der Waals surface area contributed by atoms with Crippen LogP contribution in [-0.4, -0.2) is 62.2 Å². The van der Waals surface area contributed by atoms with E-state index in [-0.39, 0.29) is 12.0 Å². The second kappa shape index (κ2) is 8.01. The first kappa shape index (κ1) is 22.5. The molecule has 1 aliphatic carbocycles. The zero-order valence-electron chi connectivity index (χ0n) is 17.6. The predicted molar refractivity (Wildman–Crippen MR) is 125 cm³/mol. The van der Waals surface area contributed by atoms with E-state index in [4.69, 9.17) is 26.1 Å². The number of ether oxygens (including phenoxy) is 2. The van der Waals surface area contributed by atoms with Crippen molar-refractivity contribution in [3.63, 3.8) is 0 Å². The molecule has 2 aromatic rings. The van der Waals surface area contributed by atoms with Gasteiger partial charge in [0.15, 0.2) is 0 Å². The van der Waals surface area contributed by atoms with Crippen LogP contribution in [0.3, 0.4) is 0 Å². The van der Waals surface area contributed by atoms with Gasteiger partial charge >= 0.3 is 0 Å². The van der Waals surface area contributed by atoms with Gasteiger partial charge in [0.05, 0.1) is 18.1 Å². The number of halogens is 1. The van der Waals surface area contributed by atoms with Gasteiger partial charge in [-0.15, -0.1) is 23.1 Å². The molecule has 2 fully saturated rings. The molecule has 4 aliphatic rings. The highest BCUT2D eigenvalue weighted by molar-refractivity contribution is 8.08. The first-order valence-corrected chi connectivity index (χ1v) is 13.2.